The maximum absolute atomic E-state index is 13.2. The first kappa shape index (κ1) is 19.3. The van der Waals surface area contributed by atoms with Crippen LogP contribution in [0.3, 0.4) is 0 Å². The average molecular weight is 373 g/mol. The van der Waals surface area contributed by atoms with E-state index in [1.165, 1.54) is 19.2 Å². The summed E-state index contributed by atoms with van der Waals surface area (Å²) in [7, 11) is 1.37. The predicted molar refractivity (Wildman–Crippen MR) is 99.4 cm³/mol. The lowest BCUT2D eigenvalue weighted by Crippen LogP contribution is -2.43. The minimum atomic E-state index is -0.492. The summed E-state index contributed by atoms with van der Waals surface area (Å²) in [5.74, 6) is -0.228. The second-order valence-electron chi connectivity index (χ2n) is 6.67. The normalized spacial score (nSPS) is 20.4. The van der Waals surface area contributed by atoms with Crippen molar-refractivity contribution in [1.82, 2.24) is 16.2 Å². The third-order valence-electron chi connectivity index (χ3n) is 4.81. The Morgan fingerprint density at radius 3 is 2.63 bits per heavy atom. The van der Waals surface area contributed by atoms with E-state index in [0.717, 1.165) is 17.7 Å². The number of hydrazine groups is 1. The van der Waals surface area contributed by atoms with E-state index >= 15 is 0 Å². The molecule has 0 radical (unpaired) electrons. The van der Waals surface area contributed by atoms with E-state index in [1.54, 1.807) is 36.4 Å². The van der Waals surface area contributed by atoms with Crippen molar-refractivity contribution in [3.05, 3.63) is 65.5 Å². The zero-order valence-electron chi connectivity index (χ0n) is 15.1. The Hall–Kier alpha value is -2.48. The first-order valence-electron chi connectivity index (χ1n) is 8.90. The quantitative estimate of drug-likeness (QED) is 0.553. The molecule has 0 saturated carbocycles. The van der Waals surface area contributed by atoms with Crippen LogP contribution in [0.15, 0.2) is 48.5 Å². The molecule has 2 aromatic carbocycles. The molecule has 1 heterocycles. The van der Waals surface area contributed by atoms with Crippen molar-refractivity contribution in [2.24, 2.45) is 5.92 Å². The lowest BCUT2D eigenvalue weighted by atomic mass is 9.94. The molecule has 0 bridgehead atoms. The number of carbonyl (C=O) groups is 1. The summed E-state index contributed by atoms with van der Waals surface area (Å²) < 4.78 is 18.1. The Labute approximate surface area is 157 Å². The molecule has 0 amide bonds. The molecule has 0 aliphatic carbocycles. The summed E-state index contributed by atoms with van der Waals surface area (Å²) in [4.78, 5) is 12.2. The summed E-state index contributed by atoms with van der Waals surface area (Å²) in [6.45, 7) is 1.31. The van der Waals surface area contributed by atoms with Gasteiger partial charge in [0.2, 0.25) is 0 Å². The van der Waals surface area contributed by atoms with Gasteiger partial charge in [0.15, 0.2) is 0 Å². The highest BCUT2D eigenvalue weighted by Crippen LogP contribution is 2.24. The first-order valence-corrected chi connectivity index (χ1v) is 8.90. The molecule has 3 rings (SSSR count). The van der Waals surface area contributed by atoms with Crippen molar-refractivity contribution < 1.29 is 19.0 Å². The number of methoxy groups -OCH3 is 1. The first-order chi connectivity index (χ1) is 13.1. The molecule has 6 nitrogen and oxygen atoms in total. The third kappa shape index (κ3) is 5.03. The number of phenols is 1. The van der Waals surface area contributed by atoms with Gasteiger partial charge in [0.05, 0.1) is 13.2 Å². The van der Waals surface area contributed by atoms with Crippen molar-refractivity contribution in [3.63, 3.8) is 0 Å². The lowest BCUT2D eigenvalue weighted by Gasteiger charge is -2.23. The molecule has 3 atom stereocenters. The van der Waals surface area contributed by atoms with Gasteiger partial charge in [-0.25, -0.2) is 9.82 Å². The summed E-state index contributed by atoms with van der Waals surface area (Å²) in [5, 5.41) is 12.7. The molecular formula is C20H24FN3O3. The van der Waals surface area contributed by atoms with Gasteiger partial charge in [-0.15, -0.1) is 0 Å². The molecule has 1 aliphatic rings. The fourth-order valence-electron chi connectivity index (χ4n) is 3.29. The topological polar surface area (TPSA) is 82.6 Å². The molecule has 144 valence electrons. The van der Waals surface area contributed by atoms with E-state index in [0.29, 0.717) is 13.0 Å². The zero-order chi connectivity index (χ0) is 19.2. The number of halogens is 1. The Balaban J connectivity index is 1.64. The summed E-state index contributed by atoms with van der Waals surface area (Å²) >= 11 is 0. The van der Waals surface area contributed by atoms with Crippen LogP contribution < -0.4 is 16.2 Å². The van der Waals surface area contributed by atoms with Crippen LogP contribution in [0, 0.1) is 11.7 Å². The number of phenolic OH excluding ortho intramolecular Hbond substituents is 1. The Bertz CT molecular complexity index is 752. The van der Waals surface area contributed by atoms with Gasteiger partial charge in [0, 0.05) is 19.0 Å². The Kier molecular flexibility index (Phi) is 6.39. The Morgan fingerprint density at radius 2 is 1.96 bits per heavy atom. The van der Waals surface area contributed by atoms with Crippen molar-refractivity contribution in [2.75, 3.05) is 20.2 Å². The van der Waals surface area contributed by atoms with Gasteiger partial charge in [0.25, 0.3) is 0 Å². The highest BCUT2D eigenvalue weighted by atomic mass is 19.1. The van der Waals surface area contributed by atoms with Crippen LogP contribution in [0.5, 0.6) is 5.75 Å². The van der Waals surface area contributed by atoms with E-state index in [1.807, 2.05) is 0 Å². The standard InChI is InChI=1S/C20H24FN3O3/c1-27-20(26)18(10-13-2-8-17(25)9-3-13)22-11-15-12-23-24-19(15)14-4-6-16(21)7-5-14/h2-9,15,18-19,22-25H,10-12H2,1H3/t15?,18-,19?/m0/s1. The molecule has 2 aromatic rings. The number of rotatable bonds is 7. The van der Waals surface area contributed by atoms with Gasteiger partial charge in [-0.2, -0.15) is 0 Å². The molecule has 4 N–H and O–H groups in total. The third-order valence-corrected chi connectivity index (χ3v) is 4.81. The molecule has 27 heavy (non-hydrogen) atoms. The minimum Gasteiger partial charge on any atom is -0.508 e. The molecule has 1 fully saturated rings. The van der Waals surface area contributed by atoms with E-state index in [-0.39, 0.29) is 29.5 Å². The fourth-order valence-corrected chi connectivity index (χ4v) is 3.29. The number of hydrogen-bond donors (Lipinski definition) is 4. The molecule has 1 aliphatic heterocycles. The maximum Gasteiger partial charge on any atom is 0.323 e. The van der Waals surface area contributed by atoms with Gasteiger partial charge >= 0.3 is 5.97 Å². The molecule has 0 spiro atoms. The number of esters is 1. The second-order valence-corrected chi connectivity index (χ2v) is 6.67. The van der Waals surface area contributed by atoms with Gasteiger partial charge < -0.3 is 15.2 Å². The minimum absolute atomic E-state index is 0.0186. The van der Waals surface area contributed by atoms with Gasteiger partial charge in [-0.1, -0.05) is 24.3 Å². The highest BCUT2D eigenvalue weighted by Gasteiger charge is 2.30. The van der Waals surface area contributed by atoms with E-state index in [4.69, 9.17) is 4.74 Å². The van der Waals surface area contributed by atoms with Crippen LogP contribution in [-0.2, 0) is 16.0 Å². The zero-order valence-corrected chi connectivity index (χ0v) is 15.1. The van der Waals surface area contributed by atoms with E-state index < -0.39 is 6.04 Å². The van der Waals surface area contributed by atoms with E-state index in [2.05, 4.69) is 16.2 Å². The second kappa shape index (κ2) is 8.94. The van der Waals surface area contributed by atoms with Crippen LogP contribution >= 0.6 is 0 Å². The number of carbonyl (C=O) groups excluding carboxylic acids is 1. The van der Waals surface area contributed by atoms with Gasteiger partial charge in [-0.3, -0.25) is 10.2 Å². The van der Waals surface area contributed by atoms with Crippen molar-refractivity contribution in [3.8, 4) is 5.75 Å². The summed E-state index contributed by atoms with van der Waals surface area (Å²) in [6, 6.07) is 12.7. The maximum atomic E-state index is 13.2. The molecular weight excluding hydrogens is 349 g/mol. The molecule has 1 saturated heterocycles. The van der Waals surface area contributed by atoms with Crippen LogP contribution in [-0.4, -0.2) is 37.3 Å². The molecule has 2 unspecified atom stereocenters. The highest BCUT2D eigenvalue weighted by molar-refractivity contribution is 5.76. The molecule has 0 aromatic heterocycles. The number of hydrogen-bond acceptors (Lipinski definition) is 6. The fraction of sp³-hybridized carbons (Fsp3) is 0.350. The van der Waals surface area contributed by atoms with Gasteiger partial charge in [0.1, 0.15) is 17.6 Å². The van der Waals surface area contributed by atoms with Crippen molar-refractivity contribution >= 4 is 5.97 Å². The number of benzene rings is 2. The average Bonchev–Trinajstić information content (AvgIpc) is 3.15. The molecule has 7 heteroatoms. The lowest BCUT2D eigenvalue weighted by molar-refractivity contribution is -0.143. The van der Waals surface area contributed by atoms with Crippen LogP contribution in [0.2, 0.25) is 0 Å². The number of ether oxygens (including phenoxy) is 1. The SMILES string of the molecule is COC(=O)[C@H](Cc1ccc(O)cc1)NCC1CNNC1c1ccc(F)cc1. The Morgan fingerprint density at radius 1 is 1.26 bits per heavy atom. The van der Waals surface area contributed by atoms with Crippen LogP contribution in [0.4, 0.5) is 4.39 Å². The van der Waals surface area contributed by atoms with Crippen molar-refractivity contribution in [1.29, 1.82) is 0 Å². The number of aromatic hydroxyl groups is 1. The van der Waals surface area contributed by atoms with Gasteiger partial charge in [-0.05, 0) is 41.8 Å². The predicted octanol–water partition coefficient (Wildman–Crippen LogP) is 1.67. The largest absolute Gasteiger partial charge is 0.508 e. The van der Waals surface area contributed by atoms with Crippen LogP contribution in [0.1, 0.15) is 17.2 Å². The summed E-state index contributed by atoms with van der Waals surface area (Å²) in [6.07, 6.45) is 0.460. The smallest absolute Gasteiger partial charge is 0.323 e. The summed E-state index contributed by atoms with van der Waals surface area (Å²) in [5.41, 5.74) is 8.25. The van der Waals surface area contributed by atoms with E-state index in [9.17, 15) is 14.3 Å². The monoisotopic (exact) mass is 373 g/mol. The van der Waals surface area contributed by atoms with Crippen LogP contribution in [0.25, 0.3) is 0 Å². The van der Waals surface area contributed by atoms with Crippen molar-refractivity contribution in [2.45, 2.75) is 18.5 Å². The number of nitrogens with one attached hydrogen (secondary N) is 3.